The quantitative estimate of drug-likeness (QED) is 0.763. The fourth-order valence-corrected chi connectivity index (χ4v) is 2.24. The summed E-state index contributed by atoms with van der Waals surface area (Å²) < 4.78 is 5.20. The average molecular weight is 273 g/mol. The molecular formula is C13H15N5O2. The van der Waals surface area contributed by atoms with Crippen molar-refractivity contribution >= 4 is 17.5 Å². The van der Waals surface area contributed by atoms with Crippen LogP contribution < -0.4 is 26.2 Å². The molecule has 0 radical (unpaired) electrons. The third kappa shape index (κ3) is 2.13. The third-order valence-electron chi connectivity index (χ3n) is 3.17. The molecule has 1 aliphatic rings. The Labute approximate surface area is 115 Å². The van der Waals surface area contributed by atoms with Crippen LogP contribution in [0.15, 0.2) is 29.1 Å². The van der Waals surface area contributed by atoms with E-state index in [2.05, 4.69) is 15.3 Å². The molecule has 0 fully saturated rings. The average Bonchev–Trinajstić information content (AvgIpc) is 2.82. The summed E-state index contributed by atoms with van der Waals surface area (Å²) in [6.07, 6.45) is 0. The lowest BCUT2D eigenvalue weighted by molar-refractivity contribution is 0.414. The van der Waals surface area contributed by atoms with Crippen LogP contribution in [0.4, 0.5) is 17.5 Å². The SMILES string of the molecule is COc1cccc(CN2CNc3c2nc(N)[nH]c3=O)c1. The molecule has 104 valence electrons. The van der Waals surface area contributed by atoms with Crippen molar-refractivity contribution in [2.45, 2.75) is 6.54 Å². The highest BCUT2D eigenvalue weighted by molar-refractivity contribution is 5.70. The maximum absolute atomic E-state index is 11.7. The van der Waals surface area contributed by atoms with E-state index in [0.717, 1.165) is 11.3 Å². The molecule has 0 spiro atoms. The van der Waals surface area contributed by atoms with Gasteiger partial charge < -0.3 is 20.7 Å². The second kappa shape index (κ2) is 4.76. The summed E-state index contributed by atoms with van der Waals surface area (Å²) in [5, 5.41) is 3.03. The first-order valence-corrected chi connectivity index (χ1v) is 6.19. The van der Waals surface area contributed by atoms with Gasteiger partial charge in [-0.05, 0) is 17.7 Å². The largest absolute Gasteiger partial charge is 0.497 e. The number of aromatic nitrogens is 2. The number of nitrogens with zero attached hydrogens (tertiary/aromatic N) is 2. The first-order valence-electron chi connectivity index (χ1n) is 6.19. The Morgan fingerprint density at radius 3 is 3.15 bits per heavy atom. The number of nitrogen functional groups attached to an aromatic ring is 1. The van der Waals surface area contributed by atoms with Gasteiger partial charge in [-0.1, -0.05) is 12.1 Å². The smallest absolute Gasteiger partial charge is 0.277 e. The number of nitrogens with two attached hydrogens (primary N) is 1. The third-order valence-corrected chi connectivity index (χ3v) is 3.17. The van der Waals surface area contributed by atoms with E-state index in [1.165, 1.54) is 0 Å². The van der Waals surface area contributed by atoms with Crippen LogP contribution in [0.5, 0.6) is 5.75 Å². The molecule has 1 aromatic carbocycles. The lowest BCUT2D eigenvalue weighted by Gasteiger charge is -2.17. The molecule has 1 aromatic heterocycles. The number of methoxy groups -OCH3 is 1. The fourth-order valence-electron chi connectivity index (χ4n) is 2.24. The summed E-state index contributed by atoms with van der Waals surface area (Å²) in [5.41, 5.74) is 6.87. The van der Waals surface area contributed by atoms with Crippen LogP contribution in [0.25, 0.3) is 0 Å². The zero-order chi connectivity index (χ0) is 14.1. The van der Waals surface area contributed by atoms with Gasteiger partial charge in [-0.15, -0.1) is 0 Å². The van der Waals surface area contributed by atoms with E-state index >= 15 is 0 Å². The van der Waals surface area contributed by atoms with Crippen LogP contribution in [0.3, 0.4) is 0 Å². The number of hydrogen-bond donors (Lipinski definition) is 3. The Hall–Kier alpha value is -2.70. The van der Waals surface area contributed by atoms with Gasteiger partial charge in [0.2, 0.25) is 5.95 Å². The molecule has 7 heteroatoms. The van der Waals surface area contributed by atoms with E-state index in [9.17, 15) is 4.79 Å². The number of H-pyrrole nitrogens is 1. The summed E-state index contributed by atoms with van der Waals surface area (Å²) in [7, 11) is 1.63. The Kier molecular flexibility index (Phi) is 2.94. The Bertz CT molecular complexity index is 697. The monoisotopic (exact) mass is 273 g/mol. The van der Waals surface area contributed by atoms with Crippen molar-refractivity contribution < 1.29 is 4.74 Å². The Morgan fingerprint density at radius 1 is 1.50 bits per heavy atom. The predicted molar refractivity (Wildman–Crippen MR) is 76.9 cm³/mol. The van der Waals surface area contributed by atoms with Crippen LogP contribution in [0.2, 0.25) is 0 Å². The van der Waals surface area contributed by atoms with Gasteiger partial charge in [0.15, 0.2) is 5.82 Å². The van der Waals surface area contributed by atoms with Crippen molar-refractivity contribution in [1.29, 1.82) is 0 Å². The van der Waals surface area contributed by atoms with E-state index in [1.54, 1.807) is 7.11 Å². The van der Waals surface area contributed by atoms with Gasteiger partial charge in [-0.3, -0.25) is 9.78 Å². The molecular weight excluding hydrogens is 258 g/mol. The number of hydrogen-bond acceptors (Lipinski definition) is 6. The van der Waals surface area contributed by atoms with Gasteiger partial charge in [-0.2, -0.15) is 4.98 Å². The summed E-state index contributed by atoms with van der Waals surface area (Å²) in [5.74, 6) is 1.50. The molecule has 0 atom stereocenters. The molecule has 4 N–H and O–H groups in total. The summed E-state index contributed by atoms with van der Waals surface area (Å²) in [4.78, 5) is 20.4. The molecule has 0 saturated carbocycles. The van der Waals surface area contributed by atoms with Crippen molar-refractivity contribution in [2.75, 3.05) is 29.7 Å². The van der Waals surface area contributed by atoms with E-state index in [1.807, 2.05) is 29.2 Å². The number of ether oxygens (including phenoxy) is 1. The highest BCUT2D eigenvalue weighted by Gasteiger charge is 2.23. The number of fused-ring (bicyclic) bond motifs is 1. The number of benzene rings is 1. The van der Waals surface area contributed by atoms with Crippen LogP contribution in [0, 0.1) is 0 Å². The molecule has 0 bridgehead atoms. The highest BCUT2D eigenvalue weighted by Crippen LogP contribution is 2.27. The van der Waals surface area contributed by atoms with Crippen molar-refractivity contribution in [3.63, 3.8) is 0 Å². The van der Waals surface area contributed by atoms with Crippen molar-refractivity contribution in [3.05, 3.63) is 40.2 Å². The predicted octanol–water partition coefficient (Wildman–Crippen LogP) is 0.750. The van der Waals surface area contributed by atoms with Gasteiger partial charge in [0, 0.05) is 6.54 Å². The van der Waals surface area contributed by atoms with Crippen molar-refractivity contribution in [2.24, 2.45) is 0 Å². The fraction of sp³-hybridized carbons (Fsp3) is 0.231. The second-order valence-electron chi connectivity index (χ2n) is 4.53. The molecule has 1 aliphatic heterocycles. The summed E-state index contributed by atoms with van der Waals surface area (Å²) in [6, 6.07) is 7.77. The first-order chi connectivity index (χ1) is 9.67. The maximum atomic E-state index is 11.7. The van der Waals surface area contributed by atoms with Gasteiger partial charge in [0.05, 0.1) is 13.8 Å². The maximum Gasteiger partial charge on any atom is 0.277 e. The summed E-state index contributed by atoms with van der Waals surface area (Å²) in [6.45, 7) is 1.14. The molecule has 3 rings (SSSR count). The summed E-state index contributed by atoms with van der Waals surface area (Å²) >= 11 is 0. The van der Waals surface area contributed by atoms with Crippen LogP contribution in [-0.4, -0.2) is 23.7 Å². The molecule has 0 saturated heterocycles. The Morgan fingerprint density at radius 2 is 2.35 bits per heavy atom. The molecule has 7 nitrogen and oxygen atoms in total. The molecule has 2 aromatic rings. The van der Waals surface area contributed by atoms with Gasteiger partial charge in [0.1, 0.15) is 11.4 Å². The zero-order valence-electron chi connectivity index (χ0n) is 11.0. The van der Waals surface area contributed by atoms with E-state index in [0.29, 0.717) is 24.7 Å². The van der Waals surface area contributed by atoms with Crippen molar-refractivity contribution in [3.8, 4) is 5.75 Å². The van der Waals surface area contributed by atoms with Crippen LogP contribution in [-0.2, 0) is 6.54 Å². The molecule has 2 heterocycles. The van der Waals surface area contributed by atoms with Gasteiger partial charge in [0.25, 0.3) is 5.56 Å². The van der Waals surface area contributed by atoms with E-state index in [4.69, 9.17) is 10.5 Å². The minimum absolute atomic E-state index is 0.119. The number of nitrogens with one attached hydrogen (secondary N) is 2. The first kappa shape index (κ1) is 12.3. The Balaban J connectivity index is 1.90. The second-order valence-corrected chi connectivity index (χ2v) is 4.53. The zero-order valence-corrected chi connectivity index (χ0v) is 11.0. The van der Waals surface area contributed by atoms with Gasteiger partial charge in [-0.25, -0.2) is 0 Å². The highest BCUT2D eigenvalue weighted by atomic mass is 16.5. The topological polar surface area (TPSA) is 96.3 Å². The van der Waals surface area contributed by atoms with E-state index in [-0.39, 0.29) is 11.5 Å². The van der Waals surface area contributed by atoms with Crippen LogP contribution >= 0.6 is 0 Å². The standard InChI is InChI=1S/C13H15N5O2/c1-20-9-4-2-3-8(5-9)6-18-7-15-10-11(18)16-13(14)17-12(10)19/h2-5,15H,6-7H2,1H3,(H3,14,16,17,19). The molecule has 0 aliphatic carbocycles. The number of rotatable bonds is 3. The van der Waals surface area contributed by atoms with Crippen molar-refractivity contribution in [1.82, 2.24) is 9.97 Å². The lowest BCUT2D eigenvalue weighted by atomic mass is 10.2. The minimum atomic E-state index is -0.249. The van der Waals surface area contributed by atoms with E-state index < -0.39 is 0 Å². The molecule has 0 amide bonds. The normalized spacial score (nSPS) is 12.9. The number of aromatic amines is 1. The lowest BCUT2D eigenvalue weighted by Crippen LogP contribution is -2.22. The number of anilines is 3. The molecule has 20 heavy (non-hydrogen) atoms. The van der Waals surface area contributed by atoms with Gasteiger partial charge >= 0.3 is 0 Å². The molecule has 0 unspecified atom stereocenters. The minimum Gasteiger partial charge on any atom is -0.497 e. The van der Waals surface area contributed by atoms with Crippen LogP contribution in [0.1, 0.15) is 5.56 Å².